The summed E-state index contributed by atoms with van der Waals surface area (Å²) in [6.45, 7) is 7.61. The van der Waals surface area contributed by atoms with Gasteiger partial charge in [0.15, 0.2) is 0 Å². The molecule has 1 aromatic carbocycles. The highest BCUT2D eigenvalue weighted by atomic mass is 16.2. The fourth-order valence-corrected chi connectivity index (χ4v) is 2.03. The van der Waals surface area contributed by atoms with E-state index in [-0.39, 0.29) is 11.9 Å². The van der Waals surface area contributed by atoms with Crippen LogP contribution in [0.15, 0.2) is 24.3 Å². The molecular formula is C15H24N2O. The van der Waals surface area contributed by atoms with Crippen LogP contribution < -0.4 is 5.73 Å². The minimum atomic E-state index is 0.116. The minimum Gasteiger partial charge on any atom is -0.336 e. The predicted octanol–water partition coefficient (Wildman–Crippen LogP) is 2.45. The first-order valence-electron chi connectivity index (χ1n) is 6.70. The normalized spacial score (nSPS) is 10.7. The Hall–Kier alpha value is -1.35. The van der Waals surface area contributed by atoms with E-state index in [1.165, 1.54) is 0 Å². The Kier molecular flexibility index (Phi) is 5.86. The van der Waals surface area contributed by atoms with Crippen molar-refractivity contribution >= 4 is 5.91 Å². The summed E-state index contributed by atoms with van der Waals surface area (Å²) in [5, 5.41) is 0. The lowest BCUT2D eigenvalue weighted by Crippen LogP contribution is -2.37. The molecule has 0 aliphatic carbocycles. The highest BCUT2D eigenvalue weighted by Crippen LogP contribution is 2.11. The molecule has 0 saturated heterocycles. The van der Waals surface area contributed by atoms with Crippen molar-refractivity contribution < 1.29 is 4.79 Å². The van der Waals surface area contributed by atoms with E-state index in [2.05, 4.69) is 20.8 Å². The van der Waals surface area contributed by atoms with Crippen molar-refractivity contribution in [3.8, 4) is 0 Å². The van der Waals surface area contributed by atoms with Crippen molar-refractivity contribution in [2.45, 2.75) is 39.7 Å². The first kappa shape index (κ1) is 14.7. The summed E-state index contributed by atoms with van der Waals surface area (Å²) in [4.78, 5) is 14.3. The average Bonchev–Trinajstić information content (AvgIpc) is 2.35. The number of benzene rings is 1. The molecule has 3 heteroatoms. The van der Waals surface area contributed by atoms with Gasteiger partial charge >= 0.3 is 0 Å². The zero-order valence-corrected chi connectivity index (χ0v) is 11.6. The van der Waals surface area contributed by atoms with Gasteiger partial charge in [-0.15, -0.1) is 0 Å². The van der Waals surface area contributed by atoms with Crippen LogP contribution >= 0.6 is 0 Å². The molecule has 0 aromatic heterocycles. The van der Waals surface area contributed by atoms with Gasteiger partial charge in [-0.1, -0.05) is 19.1 Å². The minimum absolute atomic E-state index is 0.116. The number of nitrogens with two attached hydrogens (primary N) is 1. The van der Waals surface area contributed by atoms with Gasteiger partial charge in [-0.2, -0.15) is 0 Å². The van der Waals surface area contributed by atoms with Crippen molar-refractivity contribution in [2.75, 3.05) is 13.1 Å². The predicted molar refractivity (Wildman–Crippen MR) is 75.7 cm³/mol. The highest BCUT2D eigenvalue weighted by Gasteiger charge is 2.17. The Balaban J connectivity index is 2.90. The number of nitrogens with zero attached hydrogens (tertiary/aromatic N) is 1. The van der Waals surface area contributed by atoms with Crippen LogP contribution in [0.4, 0.5) is 0 Å². The van der Waals surface area contributed by atoms with Gasteiger partial charge in [0.1, 0.15) is 0 Å². The van der Waals surface area contributed by atoms with Crippen molar-refractivity contribution in [3.05, 3.63) is 35.4 Å². The fraction of sp³-hybridized carbons (Fsp3) is 0.533. The molecule has 0 spiro atoms. The Labute approximate surface area is 110 Å². The third kappa shape index (κ3) is 3.84. The van der Waals surface area contributed by atoms with E-state index in [0.717, 1.165) is 30.5 Å². The van der Waals surface area contributed by atoms with E-state index in [4.69, 9.17) is 5.73 Å². The molecule has 0 aliphatic rings. The van der Waals surface area contributed by atoms with Crippen LogP contribution in [-0.4, -0.2) is 29.9 Å². The molecule has 0 fully saturated rings. The maximum atomic E-state index is 12.4. The molecule has 0 heterocycles. The molecule has 0 atom stereocenters. The lowest BCUT2D eigenvalue weighted by molar-refractivity contribution is 0.0706. The molecule has 18 heavy (non-hydrogen) atoms. The van der Waals surface area contributed by atoms with E-state index in [0.29, 0.717) is 6.54 Å². The van der Waals surface area contributed by atoms with Crippen LogP contribution in [-0.2, 0) is 6.42 Å². The van der Waals surface area contributed by atoms with Crippen LogP contribution in [0, 0.1) is 0 Å². The summed E-state index contributed by atoms with van der Waals surface area (Å²) in [5.41, 5.74) is 7.44. The summed E-state index contributed by atoms with van der Waals surface area (Å²) < 4.78 is 0. The van der Waals surface area contributed by atoms with Crippen LogP contribution in [0.25, 0.3) is 0 Å². The topological polar surface area (TPSA) is 46.3 Å². The summed E-state index contributed by atoms with van der Waals surface area (Å²) in [6, 6.07) is 8.02. The molecule has 1 aromatic rings. The molecule has 3 nitrogen and oxygen atoms in total. The fourth-order valence-electron chi connectivity index (χ4n) is 2.03. The van der Waals surface area contributed by atoms with E-state index in [1.54, 1.807) is 0 Å². The van der Waals surface area contributed by atoms with Crippen LogP contribution in [0.5, 0.6) is 0 Å². The quantitative estimate of drug-likeness (QED) is 0.840. The molecule has 1 rings (SSSR count). The summed E-state index contributed by atoms with van der Waals surface area (Å²) in [6.07, 6.45) is 1.79. The number of carbonyl (C=O) groups excluding carboxylic acids is 1. The van der Waals surface area contributed by atoms with Gasteiger partial charge in [-0.25, -0.2) is 0 Å². The lowest BCUT2D eigenvalue weighted by atomic mass is 10.1. The van der Waals surface area contributed by atoms with Crippen molar-refractivity contribution in [3.63, 3.8) is 0 Å². The van der Waals surface area contributed by atoms with Gasteiger partial charge in [0.25, 0.3) is 5.91 Å². The Morgan fingerprint density at radius 1 is 1.39 bits per heavy atom. The second-order valence-corrected chi connectivity index (χ2v) is 4.83. The molecule has 100 valence electrons. The molecule has 0 unspecified atom stereocenters. The third-order valence-corrected chi connectivity index (χ3v) is 2.96. The second-order valence-electron chi connectivity index (χ2n) is 4.83. The summed E-state index contributed by atoms with van der Waals surface area (Å²) >= 11 is 0. The van der Waals surface area contributed by atoms with E-state index in [1.807, 2.05) is 29.2 Å². The largest absolute Gasteiger partial charge is 0.336 e. The molecule has 0 bridgehead atoms. The Morgan fingerprint density at radius 2 is 2.11 bits per heavy atom. The molecular weight excluding hydrogens is 224 g/mol. The van der Waals surface area contributed by atoms with E-state index >= 15 is 0 Å². The number of carbonyl (C=O) groups is 1. The van der Waals surface area contributed by atoms with Gasteiger partial charge in [-0.05, 0) is 50.9 Å². The third-order valence-electron chi connectivity index (χ3n) is 2.96. The SMILES string of the molecule is CCCN(C(=O)c1cccc(CCN)c1)C(C)C. The van der Waals surface area contributed by atoms with Crippen molar-refractivity contribution in [1.82, 2.24) is 4.90 Å². The summed E-state index contributed by atoms with van der Waals surface area (Å²) in [7, 11) is 0. The van der Waals surface area contributed by atoms with Crippen LogP contribution in [0.3, 0.4) is 0 Å². The lowest BCUT2D eigenvalue weighted by Gasteiger charge is -2.26. The molecule has 1 amide bonds. The molecule has 2 N–H and O–H groups in total. The first-order chi connectivity index (χ1) is 8.60. The van der Waals surface area contributed by atoms with Gasteiger partial charge in [0, 0.05) is 18.2 Å². The van der Waals surface area contributed by atoms with Crippen molar-refractivity contribution in [2.24, 2.45) is 5.73 Å². The van der Waals surface area contributed by atoms with E-state index < -0.39 is 0 Å². The van der Waals surface area contributed by atoms with Crippen molar-refractivity contribution in [1.29, 1.82) is 0 Å². The standard InChI is InChI=1S/C15H24N2O/c1-4-10-17(12(2)3)15(18)14-7-5-6-13(11-14)8-9-16/h5-7,11-12H,4,8-10,16H2,1-3H3. The molecule has 0 saturated carbocycles. The zero-order valence-electron chi connectivity index (χ0n) is 11.6. The molecule has 0 radical (unpaired) electrons. The van der Waals surface area contributed by atoms with Gasteiger partial charge in [-0.3, -0.25) is 4.79 Å². The first-order valence-corrected chi connectivity index (χ1v) is 6.70. The maximum absolute atomic E-state index is 12.4. The maximum Gasteiger partial charge on any atom is 0.254 e. The Bertz CT molecular complexity index is 388. The monoisotopic (exact) mass is 248 g/mol. The van der Waals surface area contributed by atoms with Gasteiger partial charge in [0.2, 0.25) is 0 Å². The molecule has 0 aliphatic heterocycles. The van der Waals surface area contributed by atoms with E-state index in [9.17, 15) is 4.79 Å². The number of amides is 1. The number of rotatable bonds is 6. The van der Waals surface area contributed by atoms with Crippen LogP contribution in [0.2, 0.25) is 0 Å². The second kappa shape index (κ2) is 7.17. The Morgan fingerprint density at radius 3 is 2.67 bits per heavy atom. The zero-order chi connectivity index (χ0) is 13.5. The highest BCUT2D eigenvalue weighted by molar-refractivity contribution is 5.94. The van der Waals surface area contributed by atoms with Gasteiger partial charge in [0.05, 0.1) is 0 Å². The number of hydrogen-bond donors (Lipinski definition) is 1. The smallest absolute Gasteiger partial charge is 0.254 e. The van der Waals surface area contributed by atoms with Crippen LogP contribution in [0.1, 0.15) is 43.1 Å². The average molecular weight is 248 g/mol. The summed E-state index contributed by atoms with van der Waals surface area (Å²) in [5.74, 6) is 0.116. The number of hydrogen-bond acceptors (Lipinski definition) is 2. The van der Waals surface area contributed by atoms with Gasteiger partial charge < -0.3 is 10.6 Å².